The van der Waals surface area contributed by atoms with Crippen LogP contribution in [0.25, 0.3) is 11.2 Å². The van der Waals surface area contributed by atoms with Crippen LogP contribution >= 0.6 is 0 Å². The molecule has 0 unspecified atom stereocenters. The van der Waals surface area contributed by atoms with Crippen LogP contribution in [0.1, 0.15) is 37.2 Å². The quantitative estimate of drug-likeness (QED) is 0.831. The molecule has 0 spiro atoms. The van der Waals surface area contributed by atoms with Crippen LogP contribution in [0.15, 0.2) is 17.1 Å². The van der Waals surface area contributed by atoms with Crippen molar-refractivity contribution in [2.75, 3.05) is 11.5 Å². The second-order valence-corrected chi connectivity index (χ2v) is 8.60. The van der Waals surface area contributed by atoms with Gasteiger partial charge in [0.1, 0.15) is 0 Å². The number of sulfone groups is 1. The lowest BCUT2D eigenvalue weighted by Gasteiger charge is -2.38. The summed E-state index contributed by atoms with van der Waals surface area (Å²) in [5, 5.41) is 2.73. The van der Waals surface area contributed by atoms with Crippen molar-refractivity contribution in [1.82, 2.24) is 19.9 Å². The summed E-state index contributed by atoms with van der Waals surface area (Å²) in [6.45, 7) is 5.42. The lowest BCUT2D eigenvalue weighted by atomic mass is 10.1. The normalized spacial score (nSPS) is 18.8. The zero-order valence-electron chi connectivity index (χ0n) is 13.1. The molecule has 2 aromatic rings. The largest absolute Gasteiger partial charge is 0.345 e. The van der Waals surface area contributed by atoms with Gasteiger partial charge in [-0.05, 0) is 26.8 Å². The molecule has 23 heavy (non-hydrogen) atoms. The Bertz CT molecular complexity index is 943. The number of hydrogen-bond donors (Lipinski definition) is 2. The van der Waals surface area contributed by atoms with Crippen LogP contribution < -0.4 is 11.0 Å². The minimum Gasteiger partial charge on any atom is -0.345 e. The monoisotopic (exact) mass is 338 g/mol. The highest BCUT2D eigenvalue weighted by Gasteiger charge is 2.45. The molecular formula is C14H18N4O4S. The third-order valence-electron chi connectivity index (χ3n) is 3.84. The Morgan fingerprint density at radius 3 is 2.65 bits per heavy atom. The maximum Gasteiger partial charge on any atom is 0.327 e. The van der Waals surface area contributed by atoms with Crippen molar-refractivity contribution < 1.29 is 13.2 Å². The molecule has 0 aromatic carbocycles. The molecule has 2 aromatic heterocycles. The topological polar surface area (TPSA) is 114 Å². The minimum absolute atomic E-state index is 0.0672. The van der Waals surface area contributed by atoms with Crippen molar-refractivity contribution in [2.24, 2.45) is 0 Å². The van der Waals surface area contributed by atoms with Crippen LogP contribution in [0.4, 0.5) is 0 Å². The van der Waals surface area contributed by atoms with Gasteiger partial charge >= 0.3 is 5.69 Å². The van der Waals surface area contributed by atoms with Gasteiger partial charge in [0.25, 0.3) is 5.91 Å². The maximum absolute atomic E-state index is 12.4. The van der Waals surface area contributed by atoms with E-state index in [-0.39, 0.29) is 28.8 Å². The molecule has 1 amide bonds. The predicted molar refractivity (Wildman–Crippen MR) is 85.3 cm³/mol. The second kappa shape index (κ2) is 4.92. The Morgan fingerprint density at radius 1 is 1.43 bits per heavy atom. The number of nitrogens with zero attached hydrogens (tertiary/aromatic N) is 2. The van der Waals surface area contributed by atoms with E-state index in [1.807, 2.05) is 13.8 Å². The van der Waals surface area contributed by atoms with Crippen molar-refractivity contribution in [3.63, 3.8) is 0 Å². The second-order valence-electron chi connectivity index (χ2n) is 6.53. The molecule has 0 aliphatic carbocycles. The highest BCUT2D eigenvalue weighted by atomic mass is 32.2. The summed E-state index contributed by atoms with van der Waals surface area (Å²) < 4.78 is 24.1. The molecule has 8 nitrogen and oxygen atoms in total. The third kappa shape index (κ3) is 2.76. The first-order chi connectivity index (χ1) is 10.6. The van der Waals surface area contributed by atoms with Crippen LogP contribution in [0.3, 0.4) is 0 Å². The molecule has 0 radical (unpaired) electrons. The van der Waals surface area contributed by atoms with Gasteiger partial charge in [0.05, 0.1) is 28.1 Å². The van der Waals surface area contributed by atoms with Gasteiger partial charge in [-0.2, -0.15) is 0 Å². The van der Waals surface area contributed by atoms with Gasteiger partial charge in [-0.1, -0.05) is 0 Å². The van der Waals surface area contributed by atoms with Crippen LogP contribution in [-0.2, 0) is 9.84 Å². The lowest BCUT2D eigenvalue weighted by molar-refractivity contribution is 0.0916. The molecule has 3 heterocycles. The van der Waals surface area contributed by atoms with E-state index in [0.29, 0.717) is 11.2 Å². The average molecular weight is 338 g/mol. The summed E-state index contributed by atoms with van der Waals surface area (Å²) in [6, 6.07) is 1.51. The Morgan fingerprint density at radius 2 is 2.09 bits per heavy atom. The van der Waals surface area contributed by atoms with Crippen LogP contribution in [0, 0.1) is 0 Å². The molecule has 0 bridgehead atoms. The number of carbonyl (C=O) groups excluding carboxylic acids is 1. The molecular weight excluding hydrogens is 320 g/mol. The average Bonchev–Trinajstić information content (AvgIpc) is 2.70. The summed E-state index contributed by atoms with van der Waals surface area (Å²) in [7, 11) is -3.05. The Kier molecular flexibility index (Phi) is 3.36. The summed E-state index contributed by atoms with van der Waals surface area (Å²) in [4.78, 5) is 31.0. The molecule has 1 aliphatic rings. The summed E-state index contributed by atoms with van der Waals surface area (Å²) in [5.41, 5.74) is 0.219. The van der Waals surface area contributed by atoms with Crippen LogP contribution in [0.2, 0.25) is 0 Å². The smallest absolute Gasteiger partial charge is 0.327 e. The van der Waals surface area contributed by atoms with E-state index in [2.05, 4.69) is 15.3 Å². The standard InChI is InChI=1S/C14H18N4O4S/c1-8(2)18-10-4-9(5-15-11(10)16-13(18)20)12(19)17-14(3)6-23(21,22)7-14/h4-5,8H,6-7H2,1-3H3,(H,17,19)(H,15,16,20). The van der Waals surface area contributed by atoms with E-state index in [9.17, 15) is 18.0 Å². The number of H-pyrrole nitrogens is 1. The number of pyridine rings is 1. The summed E-state index contributed by atoms with van der Waals surface area (Å²) in [5.74, 6) is -0.536. The van der Waals surface area contributed by atoms with E-state index >= 15 is 0 Å². The zero-order valence-corrected chi connectivity index (χ0v) is 13.9. The van der Waals surface area contributed by atoms with Gasteiger partial charge in [-0.25, -0.2) is 18.2 Å². The lowest BCUT2D eigenvalue weighted by Crippen LogP contribution is -2.63. The van der Waals surface area contributed by atoms with Crippen molar-refractivity contribution >= 4 is 26.9 Å². The van der Waals surface area contributed by atoms with Crippen molar-refractivity contribution in [2.45, 2.75) is 32.4 Å². The molecule has 0 saturated carbocycles. The number of imidazole rings is 1. The van der Waals surface area contributed by atoms with E-state index < -0.39 is 21.3 Å². The minimum atomic E-state index is -3.05. The fraction of sp³-hybridized carbons (Fsp3) is 0.500. The zero-order chi connectivity index (χ0) is 17.0. The molecule has 1 saturated heterocycles. The Balaban J connectivity index is 1.93. The van der Waals surface area contributed by atoms with Crippen molar-refractivity contribution in [3.8, 4) is 0 Å². The first-order valence-electron chi connectivity index (χ1n) is 7.23. The van der Waals surface area contributed by atoms with Crippen molar-refractivity contribution in [3.05, 3.63) is 28.3 Å². The first-order valence-corrected chi connectivity index (χ1v) is 9.06. The van der Waals surface area contributed by atoms with Gasteiger partial charge < -0.3 is 5.32 Å². The Hall–Kier alpha value is -2.16. The number of amides is 1. The Labute approximate surface area is 132 Å². The molecule has 3 rings (SSSR count). The number of aromatic nitrogens is 3. The van der Waals surface area contributed by atoms with Crippen LogP contribution in [0.5, 0.6) is 0 Å². The highest BCUT2D eigenvalue weighted by molar-refractivity contribution is 7.93. The SMILES string of the molecule is CC(C)n1c(=O)[nH]c2ncc(C(=O)NC3(C)CS(=O)(=O)C3)cc21. The van der Waals surface area contributed by atoms with Crippen molar-refractivity contribution in [1.29, 1.82) is 0 Å². The number of aromatic amines is 1. The predicted octanol–water partition coefficient (Wildman–Crippen LogP) is 0.222. The van der Waals surface area contributed by atoms with Crippen LogP contribution in [-0.4, -0.2) is 45.9 Å². The van der Waals surface area contributed by atoms with Gasteiger partial charge in [-0.3, -0.25) is 14.3 Å². The summed E-state index contributed by atoms with van der Waals surface area (Å²) >= 11 is 0. The molecule has 124 valence electrons. The first kappa shape index (κ1) is 15.7. The van der Waals surface area contributed by atoms with E-state index in [4.69, 9.17) is 0 Å². The number of carbonyl (C=O) groups is 1. The number of rotatable bonds is 3. The fourth-order valence-electron chi connectivity index (χ4n) is 2.99. The molecule has 1 fully saturated rings. The molecule has 1 aliphatic heterocycles. The molecule has 2 N–H and O–H groups in total. The number of nitrogens with one attached hydrogen (secondary N) is 2. The number of fused-ring (bicyclic) bond motifs is 1. The van der Waals surface area contributed by atoms with Gasteiger partial charge in [0, 0.05) is 12.2 Å². The third-order valence-corrected chi connectivity index (χ3v) is 6.00. The highest BCUT2D eigenvalue weighted by Crippen LogP contribution is 2.23. The molecule has 9 heteroatoms. The van der Waals surface area contributed by atoms with Gasteiger partial charge in [0.2, 0.25) is 0 Å². The van der Waals surface area contributed by atoms with Gasteiger partial charge in [-0.15, -0.1) is 0 Å². The van der Waals surface area contributed by atoms with E-state index in [1.54, 1.807) is 13.0 Å². The van der Waals surface area contributed by atoms with E-state index in [0.717, 1.165) is 0 Å². The molecule has 0 atom stereocenters. The fourth-order valence-corrected chi connectivity index (χ4v) is 4.99. The number of hydrogen-bond acceptors (Lipinski definition) is 5. The van der Waals surface area contributed by atoms with E-state index in [1.165, 1.54) is 10.8 Å². The van der Waals surface area contributed by atoms with Gasteiger partial charge in [0.15, 0.2) is 15.5 Å². The maximum atomic E-state index is 12.4. The summed E-state index contributed by atoms with van der Waals surface area (Å²) in [6.07, 6.45) is 1.37.